The fourth-order valence-corrected chi connectivity index (χ4v) is 2.25. The maximum absolute atomic E-state index is 11.8. The van der Waals surface area contributed by atoms with Crippen LogP contribution in [0.5, 0.6) is 5.75 Å². The van der Waals surface area contributed by atoms with E-state index in [9.17, 15) is 4.79 Å². The van der Waals surface area contributed by atoms with E-state index in [0.717, 1.165) is 18.0 Å². The van der Waals surface area contributed by atoms with E-state index in [4.69, 9.17) is 10.5 Å². The lowest BCUT2D eigenvalue weighted by Crippen LogP contribution is -2.58. The minimum absolute atomic E-state index is 0.00347. The molecule has 1 atom stereocenters. The average Bonchev–Trinajstić information content (AvgIpc) is 2.38. The summed E-state index contributed by atoms with van der Waals surface area (Å²) in [6.07, 6.45) is 0.156. The molecule has 3 N–H and O–H groups in total. The first-order valence-electron chi connectivity index (χ1n) is 6.63. The molecule has 0 radical (unpaired) electrons. The molecule has 2 rings (SSSR count). The van der Waals surface area contributed by atoms with Crippen LogP contribution in [-0.4, -0.2) is 37.7 Å². The van der Waals surface area contributed by atoms with Crippen molar-refractivity contribution in [2.75, 3.05) is 24.5 Å². The van der Waals surface area contributed by atoms with E-state index in [2.05, 4.69) is 5.32 Å². The van der Waals surface area contributed by atoms with Crippen molar-refractivity contribution in [1.82, 2.24) is 5.32 Å². The van der Waals surface area contributed by atoms with Gasteiger partial charge in [-0.15, -0.1) is 0 Å². The van der Waals surface area contributed by atoms with Gasteiger partial charge in [0, 0.05) is 25.3 Å². The first kappa shape index (κ1) is 13.7. The second-order valence-corrected chi connectivity index (χ2v) is 4.90. The van der Waals surface area contributed by atoms with Gasteiger partial charge in [0.1, 0.15) is 11.8 Å². The third-order valence-corrected chi connectivity index (χ3v) is 3.09. The van der Waals surface area contributed by atoms with Crippen LogP contribution in [0.25, 0.3) is 0 Å². The molecule has 0 aromatic heterocycles. The lowest BCUT2D eigenvalue weighted by Gasteiger charge is -2.36. The number of nitrogens with two attached hydrogens (primary N) is 1. The highest BCUT2D eigenvalue weighted by atomic mass is 16.5. The maximum atomic E-state index is 11.8. The first-order valence-corrected chi connectivity index (χ1v) is 6.63. The number of amides is 1. The second kappa shape index (κ2) is 5.93. The van der Waals surface area contributed by atoms with Crippen molar-refractivity contribution in [3.8, 4) is 5.75 Å². The molecule has 1 aromatic carbocycles. The van der Waals surface area contributed by atoms with Gasteiger partial charge in [-0.2, -0.15) is 0 Å². The van der Waals surface area contributed by atoms with Crippen molar-refractivity contribution >= 4 is 11.6 Å². The minimum Gasteiger partial charge on any atom is -0.491 e. The third kappa shape index (κ3) is 3.17. The summed E-state index contributed by atoms with van der Waals surface area (Å²) in [6.45, 7) is 5.73. The van der Waals surface area contributed by atoms with Crippen molar-refractivity contribution in [2.45, 2.75) is 26.0 Å². The fourth-order valence-electron chi connectivity index (χ4n) is 2.25. The van der Waals surface area contributed by atoms with Crippen LogP contribution in [0.15, 0.2) is 24.3 Å². The number of carbonyl (C=O) groups excluding carboxylic acids is 1. The van der Waals surface area contributed by atoms with Crippen molar-refractivity contribution in [3.63, 3.8) is 0 Å². The van der Waals surface area contributed by atoms with E-state index in [0.29, 0.717) is 13.1 Å². The molecule has 1 amide bonds. The summed E-state index contributed by atoms with van der Waals surface area (Å²) in [6, 6.07) is 7.51. The molecule has 1 fully saturated rings. The van der Waals surface area contributed by atoms with Crippen LogP contribution < -0.4 is 20.7 Å². The Balaban J connectivity index is 2.14. The summed E-state index contributed by atoms with van der Waals surface area (Å²) >= 11 is 0. The minimum atomic E-state index is -0.286. The van der Waals surface area contributed by atoms with Crippen molar-refractivity contribution in [2.24, 2.45) is 5.73 Å². The molecule has 1 heterocycles. The number of ether oxygens (including phenoxy) is 1. The van der Waals surface area contributed by atoms with Gasteiger partial charge in [-0.1, -0.05) is 0 Å². The number of nitrogens with one attached hydrogen (secondary N) is 1. The molecule has 5 heteroatoms. The lowest BCUT2D eigenvalue weighted by molar-refractivity contribution is -0.123. The maximum Gasteiger partial charge on any atom is 0.244 e. The highest BCUT2D eigenvalue weighted by molar-refractivity contribution is 5.86. The van der Waals surface area contributed by atoms with Crippen LogP contribution in [0.4, 0.5) is 5.69 Å². The molecular weight excluding hydrogens is 242 g/mol. The van der Waals surface area contributed by atoms with E-state index in [1.54, 1.807) is 0 Å². The molecule has 0 bridgehead atoms. The smallest absolute Gasteiger partial charge is 0.244 e. The van der Waals surface area contributed by atoms with Gasteiger partial charge in [0.25, 0.3) is 0 Å². The monoisotopic (exact) mass is 263 g/mol. The largest absolute Gasteiger partial charge is 0.491 e. The quantitative estimate of drug-likeness (QED) is 0.840. The number of piperazine rings is 1. The van der Waals surface area contributed by atoms with Crippen molar-refractivity contribution < 1.29 is 9.53 Å². The number of anilines is 1. The van der Waals surface area contributed by atoms with Gasteiger partial charge in [0.2, 0.25) is 5.91 Å². The summed E-state index contributed by atoms with van der Waals surface area (Å²) in [4.78, 5) is 13.8. The molecule has 1 aliphatic rings. The average molecular weight is 263 g/mol. The molecular formula is C14H21N3O2. The van der Waals surface area contributed by atoms with Gasteiger partial charge < -0.3 is 20.7 Å². The zero-order valence-electron chi connectivity index (χ0n) is 11.4. The predicted molar refractivity (Wildman–Crippen MR) is 75.4 cm³/mol. The summed E-state index contributed by atoms with van der Waals surface area (Å²) in [5.41, 5.74) is 6.69. The van der Waals surface area contributed by atoms with Crippen LogP contribution >= 0.6 is 0 Å². The summed E-state index contributed by atoms with van der Waals surface area (Å²) in [5, 5.41) is 2.83. The SMILES string of the molecule is CC(C)Oc1ccc(N2CCNC(=O)C2CN)cc1. The molecule has 0 aliphatic carbocycles. The summed E-state index contributed by atoms with van der Waals surface area (Å²) in [7, 11) is 0. The molecule has 19 heavy (non-hydrogen) atoms. The second-order valence-electron chi connectivity index (χ2n) is 4.90. The molecule has 5 nitrogen and oxygen atoms in total. The number of hydrogen-bond donors (Lipinski definition) is 2. The Morgan fingerprint density at radius 1 is 1.42 bits per heavy atom. The Hall–Kier alpha value is -1.75. The van der Waals surface area contributed by atoms with E-state index in [-0.39, 0.29) is 18.1 Å². The topological polar surface area (TPSA) is 67.6 Å². The van der Waals surface area contributed by atoms with Gasteiger partial charge in [-0.25, -0.2) is 0 Å². The molecule has 1 aliphatic heterocycles. The fraction of sp³-hybridized carbons (Fsp3) is 0.500. The molecule has 104 valence electrons. The Bertz CT molecular complexity index is 431. The number of nitrogens with zero attached hydrogens (tertiary/aromatic N) is 1. The number of carbonyl (C=O) groups is 1. The zero-order valence-corrected chi connectivity index (χ0v) is 11.4. The third-order valence-electron chi connectivity index (χ3n) is 3.09. The molecule has 1 aromatic rings. The summed E-state index contributed by atoms with van der Waals surface area (Å²) < 4.78 is 5.61. The number of rotatable bonds is 4. The molecule has 0 saturated carbocycles. The Labute approximate surface area is 113 Å². The van der Waals surface area contributed by atoms with Crippen LogP contribution in [0, 0.1) is 0 Å². The van der Waals surface area contributed by atoms with Crippen molar-refractivity contribution in [1.29, 1.82) is 0 Å². The van der Waals surface area contributed by atoms with E-state index < -0.39 is 0 Å². The van der Waals surface area contributed by atoms with Gasteiger partial charge in [-0.05, 0) is 38.1 Å². The van der Waals surface area contributed by atoms with E-state index in [1.165, 1.54) is 0 Å². The van der Waals surface area contributed by atoms with Crippen LogP contribution in [0.1, 0.15) is 13.8 Å². The van der Waals surface area contributed by atoms with Gasteiger partial charge in [0.05, 0.1) is 6.10 Å². The highest BCUT2D eigenvalue weighted by Gasteiger charge is 2.28. The van der Waals surface area contributed by atoms with E-state index >= 15 is 0 Å². The Morgan fingerprint density at radius 2 is 2.11 bits per heavy atom. The van der Waals surface area contributed by atoms with Crippen LogP contribution in [0.3, 0.4) is 0 Å². The first-order chi connectivity index (χ1) is 9.11. The Kier molecular flexibility index (Phi) is 4.27. The highest BCUT2D eigenvalue weighted by Crippen LogP contribution is 2.22. The van der Waals surface area contributed by atoms with Crippen molar-refractivity contribution in [3.05, 3.63) is 24.3 Å². The number of hydrogen-bond acceptors (Lipinski definition) is 4. The predicted octanol–water partition coefficient (Wildman–Crippen LogP) is 0.737. The zero-order chi connectivity index (χ0) is 13.8. The van der Waals surface area contributed by atoms with E-state index in [1.807, 2.05) is 43.0 Å². The van der Waals surface area contributed by atoms with Crippen LogP contribution in [0.2, 0.25) is 0 Å². The standard InChI is InChI=1S/C14H21N3O2/c1-10(2)19-12-5-3-11(4-6-12)17-8-7-16-14(18)13(17)9-15/h3-6,10,13H,7-9,15H2,1-2H3,(H,16,18). The number of benzene rings is 1. The van der Waals surface area contributed by atoms with Crippen LogP contribution in [-0.2, 0) is 4.79 Å². The normalized spacial score (nSPS) is 19.5. The summed E-state index contributed by atoms with van der Waals surface area (Å²) in [5.74, 6) is 0.834. The Morgan fingerprint density at radius 3 is 2.68 bits per heavy atom. The van der Waals surface area contributed by atoms with Gasteiger partial charge in [0.15, 0.2) is 0 Å². The van der Waals surface area contributed by atoms with Gasteiger partial charge >= 0.3 is 0 Å². The molecule has 1 unspecified atom stereocenters. The lowest BCUT2D eigenvalue weighted by atomic mass is 10.1. The molecule has 0 spiro atoms. The van der Waals surface area contributed by atoms with Gasteiger partial charge in [-0.3, -0.25) is 4.79 Å². The molecule has 1 saturated heterocycles.